The summed E-state index contributed by atoms with van der Waals surface area (Å²) in [7, 11) is 1.46. The van der Waals surface area contributed by atoms with Gasteiger partial charge in [0.05, 0.1) is 12.5 Å². The SMILES string of the molecule is COc1cccc(C2(C(=O)O)CC2)c1C(C)F. The molecule has 0 amide bonds. The van der Waals surface area contributed by atoms with Crippen molar-refractivity contribution in [2.45, 2.75) is 31.4 Å². The Morgan fingerprint density at radius 3 is 2.59 bits per heavy atom. The molecule has 0 bridgehead atoms. The van der Waals surface area contributed by atoms with Gasteiger partial charge in [-0.05, 0) is 31.4 Å². The lowest BCUT2D eigenvalue weighted by Crippen LogP contribution is -2.21. The number of benzene rings is 1. The molecule has 1 fully saturated rings. The number of carbonyl (C=O) groups is 1. The predicted octanol–water partition coefficient (Wildman–Crippen LogP) is 2.84. The molecule has 0 aliphatic heterocycles. The highest BCUT2D eigenvalue weighted by atomic mass is 19.1. The molecule has 1 saturated carbocycles. The van der Waals surface area contributed by atoms with Crippen LogP contribution in [0.1, 0.15) is 37.1 Å². The van der Waals surface area contributed by atoms with Gasteiger partial charge >= 0.3 is 5.97 Å². The fourth-order valence-electron chi connectivity index (χ4n) is 2.27. The van der Waals surface area contributed by atoms with Gasteiger partial charge in [-0.25, -0.2) is 4.39 Å². The predicted molar refractivity (Wildman–Crippen MR) is 61.1 cm³/mol. The van der Waals surface area contributed by atoms with Crippen LogP contribution in [0.3, 0.4) is 0 Å². The zero-order chi connectivity index (χ0) is 12.6. The quantitative estimate of drug-likeness (QED) is 0.877. The minimum atomic E-state index is -1.24. The average molecular weight is 238 g/mol. The molecule has 0 heterocycles. The van der Waals surface area contributed by atoms with Crippen molar-refractivity contribution < 1.29 is 19.0 Å². The van der Waals surface area contributed by atoms with Crippen LogP contribution in [0.5, 0.6) is 5.75 Å². The number of alkyl halides is 1. The summed E-state index contributed by atoms with van der Waals surface area (Å²) >= 11 is 0. The summed E-state index contributed by atoms with van der Waals surface area (Å²) in [5, 5.41) is 9.26. The molecular formula is C13H15FO3. The lowest BCUT2D eigenvalue weighted by atomic mass is 9.89. The smallest absolute Gasteiger partial charge is 0.314 e. The van der Waals surface area contributed by atoms with Crippen molar-refractivity contribution in [3.05, 3.63) is 29.3 Å². The standard InChI is InChI=1S/C13H15FO3/c1-8(14)11-9(4-3-5-10(11)17-2)13(6-7-13)12(15)16/h3-5,8H,6-7H2,1-2H3,(H,15,16). The van der Waals surface area contributed by atoms with E-state index in [0.29, 0.717) is 29.7 Å². The number of halogens is 1. The molecular weight excluding hydrogens is 223 g/mol. The monoisotopic (exact) mass is 238 g/mol. The Labute approximate surface area is 99.2 Å². The van der Waals surface area contributed by atoms with Gasteiger partial charge in [0.2, 0.25) is 0 Å². The Morgan fingerprint density at radius 2 is 2.18 bits per heavy atom. The Hall–Kier alpha value is -1.58. The van der Waals surface area contributed by atoms with Crippen LogP contribution in [0.25, 0.3) is 0 Å². The first-order valence-corrected chi connectivity index (χ1v) is 5.58. The van der Waals surface area contributed by atoms with Crippen LogP contribution in [0.2, 0.25) is 0 Å². The van der Waals surface area contributed by atoms with Crippen LogP contribution in [0, 0.1) is 0 Å². The van der Waals surface area contributed by atoms with Crippen molar-refractivity contribution in [2.75, 3.05) is 7.11 Å². The van der Waals surface area contributed by atoms with Gasteiger partial charge in [0, 0.05) is 5.56 Å². The summed E-state index contributed by atoms with van der Waals surface area (Å²) in [6, 6.07) is 5.06. The number of hydrogen-bond donors (Lipinski definition) is 1. The summed E-state index contributed by atoms with van der Waals surface area (Å²) in [6.07, 6.45) is -0.109. The number of methoxy groups -OCH3 is 1. The molecule has 1 aromatic carbocycles. The van der Waals surface area contributed by atoms with Crippen molar-refractivity contribution in [3.8, 4) is 5.75 Å². The zero-order valence-electron chi connectivity index (χ0n) is 9.87. The topological polar surface area (TPSA) is 46.5 Å². The molecule has 1 aliphatic rings. The van der Waals surface area contributed by atoms with Crippen molar-refractivity contribution in [1.82, 2.24) is 0 Å². The molecule has 0 aromatic heterocycles. The Morgan fingerprint density at radius 1 is 1.53 bits per heavy atom. The third kappa shape index (κ3) is 1.77. The van der Waals surface area contributed by atoms with Gasteiger partial charge in [-0.3, -0.25) is 4.79 Å². The zero-order valence-corrected chi connectivity index (χ0v) is 9.87. The van der Waals surface area contributed by atoms with Crippen LogP contribution in [0.4, 0.5) is 4.39 Å². The van der Waals surface area contributed by atoms with Gasteiger partial charge in [-0.2, -0.15) is 0 Å². The fourth-order valence-corrected chi connectivity index (χ4v) is 2.27. The van der Waals surface area contributed by atoms with Crippen molar-refractivity contribution in [3.63, 3.8) is 0 Å². The number of aliphatic carboxylic acids is 1. The van der Waals surface area contributed by atoms with Crippen LogP contribution >= 0.6 is 0 Å². The second kappa shape index (κ2) is 4.02. The van der Waals surface area contributed by atoms with Crippen molar-refractivity contribution >= 4 is 5.97 Å². The van der Waals surface area contributed by atoms with Gasteiger partial charge < -0.3 is 9.84 Å². The third-order valence-corrected chi connectivity index (χ3v) is 3.36. The second-order valence-electron chi connectivity index (χ2n) is 4.42. The minimum Gasteiger partial charge on any atom is -0.496 e. The van der Waals surface area contributed by atoms with E-state index in [-0.39, 0.29) is 0 Å². The summed E-state index contributed by atoms with van der Waals surface area (Å²) in [5.41, 5.74) is 0.0266. The van der Waals surface area contributed by atoms with E-state index in [1.54, 1.807) is 18.2 Å². The van der Waals surface area contributed by atoms with Crippen LogP contribution < -0.4 is 4.74 Å². The number of ether oxygens (including phenoxy) is 1. The van der Waals surface area contributed by atoms with Gasteiger partial charge in [0.1, 0.15) is 11.9 Å². The Bertz CT molecular complexity index is 450. The maximum absolute atomic E-state index is 13.7. The lowest BCUT2D eigenvalue weighted by molar-refractivity contribution is -0.140. The molecule has 0 saturated heterocycles. The highest BCUT2D eigenvalue weighted by Gasteiger charge is 2.53. The first kappa shape index (κ1) is 11.9. The van der Waals surface area contributed by atoms with Crippen LogP contribution in [-0.2, 0) is 10.2 Å². The molecule has 1 unspecified atom stereocenters. The summed E-state index contributed by atoms with van der Waals surface area (Å²) < 4.78 is 18.8. The average Bonchev–Trinajstić information content (AvgIpc) is 3.08. The normalized spacial score (nSPS) is 18.5. The molecule has 1 aliphatic carbocycles. The first-order chi connectivity index (χ1) is 8.03. The largest absolute Gasteiger partial charge is 0.496 e. The minimum absolute atomic E-state index is 0.370. The van der Waals surface area contributed by atoms with E-state index in [1.807, 2.05) is 0 Å². The first-order valence-electron chi connectivity index (χ1n) is 5.58. The fraction of sp³-hybridized carbons (Fsp3) is 0.462. The molecule has 1 atom stereocenters. The Balaban J connectivity index is 2.58. The van der Waals surface area contributed by atoms with E-state index < -0.39 is 17.6 Å². The molecule has 0 spiro atoms. The molecule has 3 nitrogen and oxygen atoms in total. The summed E-state index contributed by atoms with van der Waals surface area (Å²) in [5.74, 6) is -0.460. The number of carboxylic acid groups (broad SMARTS) is 1. The number of carboxylic acids is 1. The maximum Gasteiger partial charge on any atom is 0.314 e. The number of rotatable bonds is 4. The lowest BCUT2D eigenvalue weighted by Gasteiger charge is -2.19. The van der Waals surface area contributed by atoms with Crippen molar-refractivity contribution in [2.24, 2.45) is 0 Å². The summed E-state index contributed by atoms with van der Waals surface area (Å²) in [6.45, 7) is 1.40. The number of hydrogen-bond acceptors (Lipinski definition) is 2. The van der Waals surface area contributed by atoms with E-state index in [2.05, 4.69) is 0 Å². The highest BCUT2D eigenvalue weighted by Crippen LogP contribution is 2.52. The van der Waals surface area contributed by atoms with Crippen molar-refractivity contribution in [1.29, 1.82) is 0 Å². The molecule has 17 heavy (non-hydrogen) atoms. The van der Waals surface area contributed by atoms with E-state index in [1.165, 1.54) is 14.0 Å². The van der Waals surface area contributed by atoms with Gasteiger partial charge in [-0.1, -0.05) is 12.1 Å². The second-order valence-corrected chi connectivity index (χ2v) is 4.42. The van der Waals surface area contributed by atoms with Gasteiger partial charge in [0.25, 0.3) is 0 Å². The van der Waals surface area contributed by atoms with E-state index in [9.17, 15) is 14.3 Å². The molecule has 4 heteroatoms. The molecule has 1 aromatic rings. The van der Waals surface area contributed by atoms with Crippen LogP contribution in [0.15, 0.2) is 18.2 Å². The van der Waals surface area contributed by atoms with Crippen LogP contribution in [-0.4, -0.2) is 18.2 Å². The van der Waals surface area contributed by atoms with Gasteiger partial charge in [0.15, 0.2) is 0 Å². The third-order valence-electron chi connectivity index (χ3n) is 3.36. The van der Waals surface area contributed by atoms with E-state index >= 15 is 0 Å². The molecule has 2 rings (SSSR count). The van der Waals surface area contributed by atoms with Gasteiger partial charge in [-0.15, -0.1) is 0 Å². The molecule has 1 N–H and O–H groups in total. The summed E-state index contributed by atoms with van der Waals surface area (Å²) in [4.78, 5) is 11.3. The molecule has 92 valence electrons. The maximum atomic E-state index is 13.7. The van der Waals surface area contributed by atoms with E-state index in [4.69, 9.17) is 4.74 Å². The highest BCUT2D eigenvalue weighted by molar-refractivity contribution is 5.85. The Kier molecular flexibility index (Phi) is 2.81. The van der Waals surface area contributed by atoms with E-state index in [0.717, 1.165) is 0 Å². The molecule has 0 radical (unpaired) electrons.